The van der Waals surface area contributed by atoms with Gasteiger partial charge in [0.15, 0.2) is 3.95 Å². The zero-order chi connectivity index (χ0) is 10.8. The summed E-state index contributed by atoms with van der Waals surface area (Å²) in [5.41, 5.74) is 0.540. The number of nitrogens with one attached hydrogen (secondary N) is 2. The molecule has 1 aromatic heterocycles. The summed E-state index contributed by atoms with van der Waals surface area (Å²) in [4.78, 5) is 0. The number of H-pyrrole nitrogens is 1. The molecule has 0 atom stereocenters. The molecule has 3 nitrogen and oxygen atoms in total. The van der Waals surface area contributed by atoms with Crippen molar-refractivity contribution in [2.45, 2.75) is 0 Å². The van der Waals surface area contributed by atoms with Gasteiger partial charge in [-0.2, -0.15) is 0 Å². The van der Waals surface area contributed by atoms with Gasteiger partial charge in [-0.3, -0.25) is 5.10 Å². The van der Waals surface area contributed by atoms with Gasteiger partial charge in [0.1, 0.15) is 5.82 Å². The fourth-order valence-corrected chi connectivity index (χ4v) is 2.06. The van der Waals surface area contributed by atoms with Gasteiger partial charge in [0.25, 0.3) is 0 Å². The number of aromatic nitrogens is 2. The Bertz CT molecular complexity index is 516. The summed E-state index contributed by atoms with van der Waals surface area (Å²) in [5.74, 6) is -0.399. The number of hydrogen-bond acceptors (Lipinski definition) is 4. The molecule has 7 heteroatoms. The molecule has 0 amide bonds. The Balaban J connectivity index is 2.27. The second-order valence-electron chi connectivity index (χ2n) is 2.70. The SMILES string of the molecule is Fc1cc(Cl)cc(Nc2n[nH]c(=S)s2)c1. The lowest BCUT2D eigenvalue weighted by molar-refractivity contribution is 0.628. The molecule has 0 bridgehead atoms. The van der Waals surface area contributed by atoms with Crippen LogP contribution < -0.4 is 5.32 Å². The highest BCUT2D eigenvalue weighted by atomic mass is 35.5. The number of hydrogen-bond donors (Lipinski definition) is 2. The monoisotopic (exact) mass is 261 g/mol. The summed E-state index contributed by atoms with van der Waals surface area (Å²) in [7, 11) is 0. The maximum absolute atomic E-state index is 13.0. The molecular weight excluding hydrogens is 257 g/mol. The summed E-state index contributed by atoms with van der Waals surface area (Å²) in [6.07, 6.45) is 0. The van der Waals surface area contributed by atoms with Crippen LogP contribution in [0.4, 0.5) is 15.2 Å². The number of anilines is 2. The van der Waals surface area contributed by atoms with Gasteiger partial charge in [0.05, 0.1) is 0 Å². The van der Waals surface area contributed by atoms with Crippen LogP contribution in [0.3, 0.4) is 0 Å². The molecule has 0 radical (unpaired) electrons. The quantitative estimate of drug-likeness (QED) is 0.809. The van der Waals surface area contributed by atoms with Crippen molar-refractivity contribution < 1.29 is 4.39 Å². The largest absolute Gasteiger partial charge is 0.330 e. The predicted molar refractivity (Wildman–Crippen MR) is 62.0 cm³/mol. The molecule has 1 aromatic carbocycles. The van der Waals surface area contributed by atoms with E-state index < -0.39 is 5.82 Å². The minimum atomic E-state index is -0.399. The summed E-state index contributed by atoms with van der Waals surface area (Å²) in [6, 6.07) is 4.17. The molecule has 1 heterocycles. The normalized spacial score (nSPS) is 10.3. The molecular formula is C8H5ClFN3S2. The lowest BCUT2D eigenvalue weighted by Gasteiger charge is -2.02. The van der Waals surface area contributed by atoms with Crippen LogP contribution in [0.1, 0.15) is 0 Å². The maximum Gasteiger partial charge on any atom is 0.208 e. The molecule has 0 aliphatic carbocycles. The Hall–Kier alpha value is -0.980. The number of benzene rings is 1. The molecule has 0 aliphatic heterocycles. The highest BCUT2D eigenvalue weighted by Crippen LogP contribution is 2.22. The summed E-state index contributed by atoms with van der Waals surface area (Å²) >= 11 is 11.8. The standard InChI is InChI=1S/C8H5ClFN3S2/c9-4-1-5(10)3-6(2-4)11-7-12-13-8(14)15-7/h1-3H,(H,11,12)(H,13,14). The second kappa shape index (κ2) is 4.26. The molecule has 0 saturated heterocycles. The number of nitrogens with zero attached hydrogens (tertiary/aromatic N) is 1. The molecule has 0 fully saturated rings. The lowest BCUT2D eigenvalue weighted by Crippen LogP contribution is -1.90. The van der Waals surface area contributed by atoms with E-state index in [-0.39, 0.29) is 0 Å². The molecule has 2 N–H and O–H groups in total. The van der Waals surface area contributed by atoms with Crippen LogP contribution in [0, 0.1) is 9.77 Å². The molecule has 0 saturated carbocycles. The Kier molecular flexibility index (Phi) is 2.99. The first-order valence-corrected chi connectivity index (χ1v) is 5.52. The van der Waals surface area contributed by atoms with Gasteiger partial charge < -0.3 is 5.32 Å². The van der Waals surface area contributed by atoms with Crippen LogP contribution in [0.5, 0.6) is 0 Å². The fraction of sp³-hybridized carbons (Fsp3) is 0. The van der Waals surface area contributed by atoms with E-state index in [4.69, 9.17) is 23.8 Å². The van der Waals surface area contributed by atoms with Crippen LogP contribution in [-0.2, 0) is 0 Å². The van der Waals surface area contributed by atoms with Crippen molar-refractivity contribution in [3.8, 4) is 0 Å². The van der Waals surface area contributed by atoms with Crippen molar-refractivity contribution >= 4 is 46.0 Å². The Labute approximate surface area is 98.9 Å². The van der Waals surface area contributed by atoms with E-state index in [2.05, 4.69) is 15.5 Å². The first-order valence-electron chi connectivity index (χ1n) is 3.92. The highest BCUT2D eigenvalue weighted by Gasteiger charge is 2.01. The van der Waals surface area contributed by atoms with Gasteiger partial charge in [-0.1, -0.05) is 22.9 Å². The second-order valence-corrected chi connectivity index (χ2v) is 4.80. The third kappa shape index (κ3) is 2.74. The van der Waals surface area contributed by atoms with E-state index in [0.29, 0.717) is 19.8 Å². The minimum absolute atomic E-state index is 0.330. The lowest BCUT2D eigenvalue weighted by atomic mass is 10.3. The van der Waals surface area contributed by atoms with Crippen LogP contribution >= 0.6 is 35.2 Å². The molecule has 78 valence electrons. The molecule has 0 unspecified atom stereocenters. The Morgan fingerprint density at radius 1 is 1.47 bits per heavy atom. The smallest absolute Gasteiger partial charge is 0.208 e. The van der Waals surface area contributed by atoms with Gasteiger partial charge >= 0.3 is 0 Å². The van der Waals surface area contributed by atoms with Gasteiger partial charge in [-0.25, -0.2) is 4.39 Å². The molecule has 2 aromatic rings. The first kappa shape index (κ1) is 10.5. The van der Waals surface area contributed by atoms with Crippen molar-refractivity contribution in [3.63, 3.8) is 0 Å². The topological polar surface area (TPSA) is 40.7 Å². The Morgan fingerprint density at radius 3 is 2.87 bits per heavy atom. The van der Waals surface area contributed by atoms with E-state index >= 15 is 0 Å². The molecule has 2 rings (SSSR count). The number of rotatable bonds is 2. The zero-order valence-corrected chi connectivity index (χ0v) is 9.64. The van der Waals surface area contributed by atoms with Crippen molar-refractivity contribution in [2.24, 2.45) is 0 Å². The maximum atomic E-state index is 13.0. The average molecular weight is 262 g/mol. The van der Waals surface area contributed by atoms with Gasteiger partial charge in [-0.15, -0.1) is 5.10 Å². The van der Waals surface area contributed by atoms with Crippen molar-refractivity contribution in [1.29, 1.82) is 0 Å². The first-order chi connectivity index (χ1) is 7.13. The van der Waals surface area contributed by atoms with E-state index in [1.54, 1.807) is 6.07 Å². The van der Waals surface area contributed by atoms with Gasteiger partial charge in [0, 0.05) is 10.7 Å². The van der Waals surface area contributed by atoms with Crippen LogP contribution in [0.15, 0.2) is 18.2 Å². The third-order valence-corrected chi connectivity index (χ3v) is 2.77. The van der Waals surface area contributed by atoms with E-state index in [1.807, 2.05) is 0 Å². The fourth-order valence-electron chi connectivity index (χ4n) is 1.03. The molecule has 0 spiro atoms. The minimum Gasteiger partial charge on any atom is -0.330 e. The van der Waals surface area contributed by atoms with Crippen molar-refractivity contribution in [2.75, 3.05) is 5.32 Å². The molecule has 0 aliphatic rings. The summed E-state index contributed by atoms with van der Waals surface area (Å²) in [5, 5.41) is 10.3. The zero-order valence-electron chi connectivity index (χ0n) is 7.25. The van der Waals surface area contributed by atoms with Crippen LogP contribution in [0.25, 0.3) is 0 Å². The predicted octanol–water partition coefficient (Wildman–Crippen LogP) is 3.74. The van der Waals surface area contributed by atoms with Crippen molar-refractivity contribution in [3.05, 3.63) is 33.0 Å². The van der Waals surface area contributed by atoms with E-state index in [0.717, 1.165) is 0 Å². The third-order valence-electron chi connectivity index (χ3n) is 1.55. The van der Waals surface area contributed by atoms with Gasteiger partial charge in [-0.05, 0) is 30.4 Å². The molecule has 15 heavy (non-hydrogen) atoms. The van der Waals surface area contributed by atoms with E-state index in [1.165, 1.54) is 23.5 Å². The van der Waals surface area contributed by atoms with Crippen LogP contribution in [-0.4, -0.2) is 10.2 Å². The summed E-state index contributed by atoms with van der Waals surface area (Å²) in [6.45, 7) is 0. The van der Waals surface area contributed by atoms with Crippen molar-refractivity contribution in [1.82, 2.24) is 10.2 Å². The van der Waals surface area contributed by atoms with E-state index in [9.17, 15) is 4.39 Å². The number of halogens is 2. The van der Waals surface area contributed by atoms with Gasteiger partial charge in [0.2, 0.25) is 5.13 Å². The summed E-state index contributed by atoms with van der Waals surface area (Å²) < 4.78 is 13.5. The highest BCUT2D eigenvalue weighted by molar-refractivity contribution is 7.73. The van der Waals surface area contributed by atoms with Crippen LogP contribution in [0.2, 0.25) is 5.02 Å². The Morgan fingerprint density at radius 2 is 2.27 bits per heavy atom. The average Bonchev–Trinajstić information content (AvgIpc) is 2.49. The number of aromatic amines is 1.